The number of aliphatic hydroxyl groups is 1. The topological polar surface area (TPSA) is 63.9 Å². The molecule has 4 atom stereocenters. The summed E-state index contributed by atoms with van der Waals surface area (Å²) in [6, 6.07) is 4.01. The van der Waals surface area contributed by atoms with Crippen LogP contribution in [0.1, 0.15) is 77.3 Å². The lowest BCUT2D eigenvalue weighted by molar-refractivity contribution is 0.0309. The highest BCUT2D eigenvalue weighted by Gasteiger charge is 2.49. The summed E-state index contributed by atoms with van der Waals surface area (Å²) in [7, 11) is 0. The molecule has 3 rings (SSSR count). The Hall–Kier alpha value is -1.26. The van der Waals surface area contributed by atoms with Crippen LogP contribution < -0.4 is 0 Å². The standard InChI is InChI=1S/C24H39NO3/c1-5-19(26)14-24(6-2)16(4)20(25(7-3)15-17-9-8-10-17)13-18-11-12-21(27)23(28)22(18)24/h11-12,16-17,19-20,26-28H,5-10,13-15H2,1-4H3/t16?,19-,20?,24?/m0/s1. The molecule has 0 heterocycles. The van der Waals surface area contributed by atoms with Crippen LogP contribution in [0.2, 0.25) is 0 Å². The number of rotatable bonds is 8. The van der Waals surface area contributed by atoms with Crippen LogP contribution in [0.5, 0.6) is 11.5 Å². The third-order valence-electron chi connectivity index (χ3n) is 7.91. The van der Waals surface area contributed by atoms with Crippen molar-refractivity contribution in [3.63, 3.8) is 0 Å². The molecule has 0 radical (unpaired) electrons. The van der Waals surface area contributed by atoms with Crippen molar-refractivity contribution in [3.8, 4) is 11.5 Å². The molecule has 3 unspecified atom stereocenters. The quantitative estimate of drug-likeness (QED) is 0.569. The van der Waals surface area contributed by atoms with Crippen molar-refractivity contribution in [2.75, 3.05) is 13.1 Å². The lowest BCUT2D eigenvalue weighted by atomic mass is 9.57. The van der Waals surface area contributed by atoms with Crippen molar-refractivity contribution < 1.29 is 15.3 Å². The van der Waals surface area contributed by atoms with Gasteiger partial charge in [-0.25, -0.2) is 0 Å². The van der Waals surface area contributed by atoms with E-state index in [-0.39, 0.29) is 16.9 Å². The molecule has 158 valence electrons. The smallest absolute Gasteiger partial charge is 0.161 e. The third-order valence-corrected chi connectivity index (χ3v) is 7.91. The normalized spacial score (nSPS) is 28.8. The highest BCUT2D eigenvalue weighted by atomic mass is 16.3. The monoisotopic (exact) mass is 389 g/mol. The molecule has 0 spiro atoms. The van der Waals surface area contributed by atoms with Crippen molar-refractivity contribution in [1.29, 1.82) is 0 Å². The molecule has 1 aromatic carbocycles. The number of aliphatic hydroxyl groups excluding tert-OH is 1. The number of benzene rings is 1. The van der Waals surface area contributed by atoms with E-state index >= 15 is 0 Å². The number of hydrogen-bond acceptors (Lipinski definition) is 4. The van der Waals surface area contributed by atoms with Gasteiger partial charge >= 0.3 is 0 Å². The molecule has 1 saturated carbocycles. The summed E-state index contributed by atoms with van der Waals surface area (Å²) < 4.78 is 0. The van der Waals surface area contributed by atoms with Gasteiger partial charge in [-0.05, 0) is 68.5 Å². The second kappa shape index (κ2) is 8.62. The Bertz CT molecular complexity index is 672. The van der Waals surface area contributed by atoms with E-state index in [9.17, 15) is 15.3 Å². The van der Waals surface area contributed by atoms with Crippen LogP contribution in [0.3, 0.4) is 0 Å². The number of phenols is 2. The summed E-state index contributed by atoms with van der Waals surface area (Å²) in [5.74, 6) is 1.09. The predicted molar refractivity (Wildman–Crippen MR) is 114 cm³/mol. The van der Waals surface area contributed by atoms with Gasteiger partial charge in [0.1, 0.15) is 0 Å². The number of nitrogens with zero attached hydrogens (tertiary/aromatic N) is 1. The van der Waals surface area contributed by atoms with Gasteiger partial charge in [0.05, 0.1) is 6.10 Å². The Balaban J connectivity index is 2.05. The highest BCUT2D eigenvalue weighted by molar-refractivity contribution is 5.55. The number of phenolic OH excluding ortho intramolecular Hbond substituents is 2. The minimum atomic E-state index is -0.405. The van der Waals surface area contributed by atoms with Crippen LogP contribution >= 0.6 is 0 Å². The fourth-order valence-corrected chi connectivity index (χ4v) is 5.79. The van der Waals surface area contributed by atoms with Gasteiger partial charge in [-0.1, -0.05) is 40.2 Å². The van der Waals surface area contributed by atoms with E-state index in [0.717, 1.165) is 43.0 Å². The van der Waals surface area contributed by atoms with E-state index in [1.165, 1.54) is 19.3 Å². The minimum Gasteiger partial charge on any atom is -0.504 e. The van der Waals surface area contributed by atoms with Gasteiger partial charge < -0.3 is 15.3 Å². The average Bonchev–Trinajstić information content (AvgIpc) is 2.66. The van der Waals surface area contributed by atoms with Gasteiger partial charge in [-0.15, -0.1) is 0 Å². The van der Waals surface area contributed by atoms with Gasteiger partial charge in [0.2, 0.25) is 0 Å². The summed E-state index contributed by atoms with van der Waals surface area (Å²) in [5, 5.41) is 31.7. The SMILES string of the molecule is CC[C@H](O)CC1(CC)c2c(ccc(O)c2O)CC(N(CC)CC2CCC2)C1C. The van der Waals surface area contributed by atoms with Crippen LogP contribution in [0.4, 0.5) is 0 Å². The predicted octanol–water partition coefficient (Wildman–Crippen LogP) is 4.59. The summed E-state index contributed by atoms with van der Waals surface area (Å²) in [6.07, 6.45) is 6.71. The zero-order valence-electron chi connectivity index (χ0n) is 18.1. The lowest BCUT2D eigenvalue weighted by Gasteiger charge is -2.52. The number of likely N-dealkylation sites (N-methyl/N-ethyl adjacent to an activating group) is 1. The lowest BCUT2D eigenvalue weighted by Crippen LogP contribution is -2.55. The van der Waals surface area contributed by atoms with Crippen LogP contribution in [0.25, 0.3) is 0 Å². The Morgan fingerprint density at radius 2 is 1.89 bits per heavy atom. The number of hydrogen-bond donors (Lipinski definition) is 3. The third kappa shape index (κ3) is 3.66. The second-order valence-corrected chi connectivity index (χ2v) is 9.19. The summed E-state index contributed by atoms with van der Waals surface area (Å²) in [5.41, 5.74) is 1.69. The van der Waals surface area contributed by atoms with Crippen LogP contribution in [0, 0.1) is 11.8 Å². The van der Waals surface area contributed by atoms with Gasteiger partial charge in [0.25, 0.3) is 0 Å². The fourth-order valence-electron chi connectivity index (χ4n) is 5.79. The molecule has 1 fully saturated rings. The molecule has 28 heavy (non-hydrogen) atoms. The number of aromatic hydroxyl groups is 2. The summed E-state index contributed by atoms with van der Waals surface area (Å²) in [6.45, 7) is 10.9. The first-order chi connectivity index (χ1) is 13.4. The van der Waals surface area contributed by atoms with Gasteiger partial charge in [0.15, 0.2) is 11.5 Å². The largest absolute Gasteiger partial charge is 0.504 e. The van der Waals surface area contributed by atoms with Crippen LogP contribution in [-0.4, -0.2) is 45.5 Å². The average molecular weight is 390 g/mol. The molecule has 0 aromatic heterocycles. The molecule has 1 aromatic rings. The van der Waals surface area contributed by atoms with E-state index in [1.54, 1.807) is 6.07 Å². The zero-order valence-corrected chi connectivity index (χ0v) is 18.1. The van der Waals surface area contributed by atoms with Gasteiger partial charge in [-0.2, -0.15) is 0 Å². The molecule has 4 nitrogen and oxygen atoms in total. The molecule has 2 aliphatic rings. The first-order valence-corrected chi connectivity index (χ1v) is 11.3. The maximum Gasteiger partial charge on any atom is 0.161 e. The van der Waals surface area contributed by atoms with E-state index in [4.69, 9.17) is 0 Å². The van der Waals surface area contributed by atoms with Crippen molar-refractivity contribution in [3.05, 3.63) is 23.3 Å². The van der Waals surface area contributed by atoms with Gasteiger partial charge in [-0.3, -0.25) is 4.90 Å². The molecule has 0 bridgehead atoms. The molecular weight excluding hydrogens is 350 g/mol. The molecule has 3 N–H and O–H groups in total. The number of fused-ring (bicyclic) bond motifs is 1. The van der Waals surface area contributed by atoms with Crippen LogP contribution in [-0.2, 0) is 11.8 Å². The Kier molecular flexibility index (Phi) is 6.61. The summed E-state index contributed by atoms with van der Waals surface area (Å²) in [4.78, 5) is 2.64. The zero-order chi connectivity index (χ0) is 20.5. The minimum absolute atomic E-state index is 0.0231. The molecule has 2 aliphatic carbocycles. The Morgan fingerprint density at radius 3 is 2.43 bits per heavy atom. The molecule has 4 heteroatoms. The first kappa shape index (κ1) is 21.4. The summed E-state index contributed by atoms with van der Waals surface area (Å²) >= 11 is 0. The van der Waals surface area contributed by atoms with Gasteiger partial charge in [0, 0.05) is 23.6 Å². The Morgan fingerprint density at radius 1 is 1.18 bits per heavy atom. The van der Waals surface area contributed by atoms with E-state index in [2.05, 4.69) is 25.7 Å². The molecule has 0 saturated heterocycles. The van der Waals surface area contributed by atoms with E-state index in [0.29, 0.717) is 24.8 Å². The maximum atomic E-state index is 10.8. The van der Waals surface area contributed by atoms with Crippen molar-refractivity contribution in [2.45, 2.75) is 90.2 Å². The van der Waals surface area contributed by atoms with Crippen molar-refractivity contribution in [1.82, 2.24) is 4.90 Å². The molecular formula is C24H39NO3. The Labute approximate surface area is 170 Å². The highest BCUT2D eigenvalue weighted by Crippen LogP contribution is 2.53. The fraction of sp³-hybridized carbons (Fsp3) is 0.750. The maximum absolute atomic E-state index is 10.8. The van der Waals surface area contributed by atoms with E-state index in [1.807, 2.05) is 13.0 Å². The second-order valence-electron chi connectivity index (χ2n) is 9.19. The van der Waals surface area contributed by atoms with E-state index < -0.39 is 6.10 Å². The molecule has 0 aliphatic heterocycles. The van der Waals surface area contributed by atoms with Crippen molar-refractivity contribution in [2.24, 2.45) is 11.8 Å². The van der Waals surface area contributed by atoms with Crippen molar-refractivity contribution >= 4 is 0 Å². The van der Waals surface area contributed by atoms with Crippen LogP contribution in [0.15, 0.2) is 12.1 Å². The molecule has 0 amide bonds. The first-order valence-electron chi connectivity index (χ1n) is 11.3.